The van der Waals surface area contributed by atoms with Crippen LogP contribution in [0.3, 0.4) is 0 Å². The Bertz CT molecular complexity index is 763. The van der Waals surface area contributed by atoms with E-state index < -0.39 is 0 Å². The molecule has 1 unspecified atom stereocenters. The first-order valence-corrected chi connectivity index (χ1v) is 9.30. The Morgan fingerprint density at radius 2 is 1.78 bits per heavy atom. The molecule has 1 aromatic heterocycles. The van der Waals surface area contributed by atoms with Gasteiger partial charge >= 0.3 is 0 Å². The number of likely N-dealkylation sites (tertiary alicyclic amines) is 1. The normalized spacial score (nSPS) is 16.3. The Morgan fingerprint density at radius 1 is 1.19 bits per heavy atom. The minimum atomic E-state index is -0.219. The summed E-state index contributed by atoms with van der Waals surface area (Å²) < 4.78 is 1.56. The van der Waals surface area contributed by atoms with E-state index in [2.05, 4.69) is 18.9 Å². The maximum Gasteiger partial charge on any atom is 0.278 e. The molecule has 27 heavy (non-hydrogen) atoms. The van der Waals surface area contributed by atoms with Crippen LogP contribution >= 0.6 is 12.4 Å². The highest BCUT2D eigenvalue weighted by molar-refractivity contribution is 5.94. The first kappa shape index (κ1) is 21.3. The molecule has 0 bridgehead atoms. The van der Waals surface area contributed by atoms with E-state index in [1.165, 1.54) is 11.8 Å². The van der Waals surface area contributed by atoms with E-state index in [0.29, 0.717) is 24.9 Å². The summed E-state index contributed by atoms with van der Waals surface area (Å²) in [6, 6.07) is 8.13. The van der Waals surface area contributed by atoms with Crippen molar-refractivity contribution in [3.63, 3.8) is 0 Å². The highest BCUT2D eigenvalue weighted by atomic mass is 35.5. The van der Waals surface area contributed by atoms with Gasteiger partial charge in [0.15, 0.2) is 11.4 Å². The highest BCUT2D eigenvalue weighted by Gasteiger charge is 2.28. The molecule has 3 rings (SSSR count). The number of rotatable bonds is 4. The van der Waals surface area contributed by atoms with Gasteiger partial charge in [-0.3, -0.25) is 4.79 Å². The smallest absolute Gasteiger partial charge is 0.278 e. The van der Waals surface area contributed by atoms with Crippen molar-refractivity contribution in [3.05, 3.63) is 41.7 Å². The molecule has 0 saturated carbocycles. The summed E-state index contributed by atoms with van der Waals surface area (Å²) in [4.78, 5) is 14.5. The van der Waals surface area contributed by atoms with Crippen molar-refractivity contribution >= 4 is 18.3 Å². The number of nitrogens with zero attached hydrogens (tertiary/aromatic N) is 3. The Hall–Kier alpha value is -2.05. The molecule has 1 aliphatic heterocycles. The van der Waals surface area contributed by atoms with E-state index in [-0.39, 0.29) is 35.8 Å². The SMILES string of the molecule is CC(C)c1ccc(-n2cc(O)c(C(=O)N3CCC(C(C)N)CC3)n2)cc1.Cl. The summed E-state index contributed by atoms with van der Waals surface area (Å²) in [5.41, 5.74) is 8.12. The van der Waals surface area contributed by atoms with E-state index in [1.807, 2.05) is 31.2 Å². The molecule has 0 aliphatic carbocycles. The minimum absolute atomic E-state index is 0. The summed E-state index contributed by atoms with van der Waals surface area (Å²) in [5.74, 6) is 0.594. The van der Waals surface area contributed by atoms with E-state index in [0.717, 1.165) is 18.5 Å². The molecule has 1 aromatic carbocycles. The molecule has 2 aromatic rings. The van der Waals surface area contributed by atoms with Crippen molar-refractivity contribution in [2.75, 3.05) is 13.1 Å². The van der Waals surface area contributed by atoms with Crippen molar-refractivity contribution in [1.82, 2.24) is 14.7 Å². The predicted molar refractivity (Wildman–Crippen MR) is 109 cm³/mol. The van der Waals surface area contributed by atoms with Crippen LogP contribution in [0.4, 0.5) is 0 Å². The second kappa shape index (κ2) is 8.76. The molecular weight excluding hydrogens is 364 g/mol. The molecular formula is C20H29ClN4O2. The second-order valence-electron chi connectivity index (χ2n) is 7.54. The zero-order chi connectivity index (χ0) is 18.8. The van der Waals surface area contributed by atoms with Gasteiger partial charge in [0.25, 0.3) is 5.91 Å². The van der Waals surface area contributed by atoms with Crippen LogP contribution in [0.5, 0.6) is 5.75 Å². The highest BCUT2D eigenvalue weighted by Crippen LogP contribution is 2.25. The number of halogens is 1. The molecule has 1 aliphatic rings. The zero-order valence-electron chi connectivity index (χ0n) is 16.1. The monoisotopic (exact) mass is 392 g/mol. The number of nitrogens with two attached hydrogens (primary N) is 1. The number of aromatic hydroxyl groups is 1. The van der Waals surface area contributed by atoms with Gasteiger partial charge in [0, 0.05) is 19.1 Å². The van der Waals surface area contributed by atoms with Crippen molar-refractivity contribution < 1.29 is 9.90 Å². The lowest BCUT2D eigenvalue weighted by Crippen LogP contribution is -2.42. The molecule has 7 heteroatoms. The van der Waals surface area contributed by atoms with Crippen LogP contribution in [0, 0.1) is 5.92 Å². The van der Waals surface area contributed by atoms with Gasteiger partial charge in [-0.05, 0) is 49.3 Å². The number of amides is 1. The molecule has 1 fully saturated rings. The first-order valence-electron chi connectivity index (χ1n) is 9.30. The fourth-order valence-corrected chi connectivity index (χ4v) is 3.44. The van der Waals surface area contributed by atoms with Crippen LogP contribution in [0.2, 0.25) is 0 Å². The van der Waals surface area contributed by atoms with Gasteiger partial charge < -0.3 is 15.7 Å². The van der Waals surface area contributed by atoms with E-state index >= 15 is 0 Å². The van der Waals surface area contributed by atoms with Gasteiger partial charge in [0.2, 0.25) is 0 Å². The molecule has 148 valence electrons. The van der Waals surface area contributed by atoms with E-state index in [9.17, 15) is 9.90 Å². The number of hydrogen-bond donors (Lipinski definition) is 2. The Balaban J connectivity index is 0.00000261. The quantitative estimate of drug-likeness (QED) is 0.835. The number of benzene rings is 1. The lowest BCUT2D eigenvalue weighted by atomic mass is 9.91. The minimum Gasteiger partial charge on any atom is -0.504 e. The Labute approximate surface area is 166 Å². The molecule has 1 saturated heterocycles. The molecule has 1 amide bonds. The number of hydrogen-bond acceptors (Lipinski definition) is 4. The van der Waals surface area contributed by atoms with Gasteiger partial charge in [-0.1, -0.05) is 26.0 Å². The molecule has 3 N–H and O–H groups in total. The van der Waals surface area contributed by atoms with E-state index in [1.54, 1.807) is 9.58 Å². The van der Waals surface area contributed by atoms with Crippen molar-refractivity contribution in [3.8, 4) is 11.4 Å². The third-order valence-electron chi connectivity index (χ3n) is 5.29. The molecule has 2 heterocycles. The first-order chi connectivity index (χ1) is 12.4. The van der Waals surface area contributed by atoms with Gasteiger partial charge in [-0.2, -0.15) is 5.10 Å². The summed E-state index contributed by atoms with van der Waals surface area (Å²) in [6.45, 7) is 7.60. The van der Waals surface area contributed by atoms with Crippen molar-refractivity contribution in [1.29, 1.82) is 0 Å². The van der Waals surface area contributed by atoms with Gasteiger partial charge in [0.1, 0.15) is 0 Å². The largest absolute Gasteiger partial charge is 0.504 e. The zero-order valence-corrected chi connectivity index (χ0v) is 16.9. The summed E-state index contributed by atoms with van der Waals surface area (Å²) >= 11 is 0. The maximum atomic E-state index is 12.7. The topological polar surface area (TPSA) is 84.4 Å². The molecule has 0 radical (unpaired) electrons. The molecule has 1 atom stereocenters. The fraction of sp³-hybridized carbons (Fsp3) is 0.500. The van der Waals surface area contributed by atoms with Crippen LogP contribution in [0.1, 0.15) is 55.6 Å². The average Bonchev–Trinajstić information content (AvgIpc) is 3.03. The van der Waals surface area contributed by atoms with E-state index in [4.69, 9.17) is 5.73 Å². The third kappa shape index (κ3) is 4.62. The number of piperidine rings is 1. The number of aromatic nitrogens is 2. The molecule has 0 spiro atoms. The lowest BCUT2D eigenvalue weighted by molar-refractivity contribution is 0.0671. The standard InChI is InChI=1S/C20H28N4O2.ClH/c1-13(2)15-4-6-17(7-5-15)24-12-18(25)19(22-24)20(26)23-10-8-16(9-11-23)14(3)21;/h4-7,12-14,16,25H,8-11,21H2,1-3H3;1H. The predicted octanol–water partition coefficient (Wildman–Crippen LogP) is 3.32. The fourth-order valence-electron chi connectivity index (χ4n) is 3.44. The van der Waals surface area contributed by atoms with Crippen LogP contribution in [-0.2, 0) is 0 Å². The van der Waals surface area contributed by atoms with Crippen LogP contribution < -0.4 is 5.73 Å². The number of carbonyl (C=O) groups excluding carboxylic acids is 1. The summed E-state index contributed by atoms with van der Waals surface area (Å²) in [6.07, 6.45) is 3.27. The Kier molecular flexibility index (Phi) is 6.89. The third-order valence-corrected chi connectivity index (χ3v) is 5.29. The average molecular weight is 393 g/mol. The Morgan fingerprint density at radius 3 is 2.30 bits per heavy atom. The maximum absolute atomic E-state index is 12.7. The second-order valence-corrected chi connectivity index (χ2v) is 7.54. The lowest BCUT2D eigenvalue weighted by Gasteiger charge is -2.33. The van der Waals surface area contributed by atoms with Crippen molar-refractivity contribution in [2.45, 2.75) is 45.6 Å². The van der Waals surface area contributed by atoms with Crippen LogP contribution in [0.25, 0.3) is 5.69 Å². The van der Waals surface area contributed by atoms with Crippen LogP contribution in [0.15, 0.2) is 30.5 Å². The van der Waals surface area contributed by atoms with Gasteiger partial charge in [0.05, 0.1) is 11.9 Å². The van der Waals surface area contributed by atoms with Gasteiger partial charge in [-0.15, -0.1) is 12.4 Å². The van der Waals surface area contributed by atoms with Crippen LogP contribution in [-0.4, -0.2) is 44.8 Å². The van der Waals surface area contributed by atoms with Gasteiger partial charge in [-0.25, -0.2) is 4.68 Å². The summed E-state index contributed by atoms with van der Waals surface area (Å²) in [5, 5.41) is 14.6. The molecule has 6 nitrogen and oxygen atoms in total. The summed E-state index contributed by atoms with van der Waals surface area (Å²) in [7, 11) is 0. The van der Waals surface area contributed by atoms with Crippen molar-refractivity contribution in [2.24, 2.45) is 11.7 Å². The number of carbonyl (C=O) groups is 1.